The molecule has 0 radical (unpaired) electrons. The highest BCUT2D eigenvalue weighted by molar-refractivity contribution is 9.10. The summed E-state index contributed by atoms with van der Waals surface area (Å²) in [6.07, 6.45) is 0. The second kappa shape index (κ2) is 7.36. The molecule has 1 N–H and O–H groups in total. The molecule has 2 amide bonds. The standard InChI is InChI=1S/C18H18BrClN2O2/c1-18(2,3)22(17(24)14-6-4-5-7-15(14)20)21-16(23)12-8-10-13(19)11-9-12/h4-11H,1-3H3,(H,21,23). The third-order valence-electron chi connectivity index (χ3n) is 3.30. The van der Waals surface area contributed by atoms with Gasteiger partial charge in [0.1, 0.15) is 0 Å². The van der Waals surface area contributed by atoms with E-state index >= 15 is 0 Å². The number of hydrogen-bond donors (Lipinski definition) is 1. The van der Waals surface area contributed by atoms with Gasteiger partial charge < -0.3 is 0 Å². The maximum atomic E-state index is 12.9. The van der Waals surface area contributed by atoms with Gasteiger partial charge in [0.15, 0.2) is 0 Å². The van der Waals surface area contributed by atoms with Crippen LogP contribution in [0.3, 0.4) is 0 Å². The number of carbonyl (C=O) groups is 2. The Morgan fingerprint density at radius 3 is 2.17 bits per heavy atom. The molecule has 0 aliphatic carbocycles. The van der Waals surface area contributed by atoms with Gasteiger partial charge >= 0.3 is 0 Å². The van der Waals surface area contributed by atoms with Crippen molar-refractivity contribution in [3.63, 3.8) is 0 Å². The lowest BCUT2D eigenvalue weighted by Crippen LogP contribution is -2.55. The fourth-order valence-electron chi connectivity index (χ4n) is 2.05. The summed E-state index contributed by atoms with van der Waals surface area (Å²) in [7, 11) is 0. The quantitative estimate of drug-likeness (QED) is 0.732. The zero-order valence-corrected chi connectivity index (χ0v) is 16.0. The highest BCUT2D eigenvalue weighted by atomic mass is 79.9. The summed E-state index contributed by atoms with van der Waals surface area (Å²) in [6, 6.07) is 13.7. The molecule has 0 spiro atoms. The van der Waals surface area contributed by atoms with Crippen molar-refractivity contribution in [3.8, 4) is 0 Å². The van der Waals surface area contributed by atoms with Gasteiger partial charge in [0.2, 0.25) is 0 Å². The van der Waals surface area contributed by atoms with Crippen LogP contribution in [0.25, 0.3) is 0 Å². The fourth-order valence-corrected chi connectivity index (χ4v) is 2.53. The highest BCUT2D eigenvalue weighted by Gasteiger charge is 2.30. The predicted octanol–water partition coefficient (Wildman–Crippen LogP) is 4.69. The zero-order valence-electron chi connectivity index (χ0n) is 13.6. The molecule has 0 saturated carbocycles. The molecule has 0 atom stereocenters. The van der Waals surface area contributed by atoms with Crippen molar-refractivity contribution >= 4 is 39.3 Å². The van der Waals surface area contributed by atoms with E-state index in [1.165, 1.54) is 5.01 Å². The van der Waals surface area contributed by atoms with Crippen molar-refractivity contribution in [1.29, 1.82) is 0 Å². The van der Waals surface area contributed by atoms with E-state index in [1.807, 2.05) is 20.8 Å². The van der Waals surface area contributed by atoms with E-state index in [2.05, 4.69) is 21.4 Å². The first kappa shape index (κ1) is 18.5. The maximum Gasteiger partial charge on any atom is 0.274 e. The summed E-state index contributed by atoms with van der Waals surface area (Å²) < 4.78 is 0.874. The zero-order chi connectivity index (χ0) is 17.9. The van der Waals surface area contributed by atoms with Crippen LogP contribution >= 0.6 is 27.5 Å². The second-order valence-corrected chi connectivity index (χ2v) is 7.56. The summed E-state index contributed by atoms with van der Waals surface area (Å²) in [6.45, 7) is 5.51. The van der Waals surface area contributed by atoms with Gasteiger partial charge in [0.25, 0.3) is 11.8 Å². The predicted molar refractivity (Wildman–Crippen MR) is 99.0 cm³/mol. The number of rotatable bonds is 2. The molecule has 0 unspecified atom stereocenters. The minimum Gasteiger partial charge on any atom is -0.267 e. The SMILES string of the molecule is CC(C)(C)N(NC(=O)c1ccc(Br)cc1)C(=O)c1ccccc1Cl. The average Bonchev–Trinajstić information content (AvgIpc) is 2.52. The van der Waals surface area contributed by atoms with Gasteiger partial charge in [-0.05, 0) is 57.2 Å². The Morgan fingerprint density at radius 1 is 1.04 bits per heavy atom. The van der Waals surface area contributed by atoms with Crippen molar-refractivity contribution < 1.29 is 9.59 Å². The fraction of sp³-hybridized carbons (Fsp3) is 0.222. The Kier molecular flexibility index (Phi) is 5.67. The minimum atomic E-state index is -0.624. The van der Waals surface area contributed by atoms with Gasteiger partial charge in [-0.15, -0.1) is 0 Å². The highest BCUT2D eigenvalue weighted by Crippen LogP contribution is 2.21. The molecule has 0 aliphatic heterocycles. The molecule has 0 heterocycles. The molecular formula is C18H18BrClN2O2. The monoisotopic (exact) mass is 408 g/mol. The average molecular weight is 410 g/mol. The van der Waals surface area contributed by atoms with Gasteiger partial charge in [-0.25, -0.2) is 5.01 Å². The van der Waals surface area contributed by atoms with E-state index in [0.29, 0.717) is 16.1 Å². The molecule has 0 saturated heterocycles. The topological polar surface area (TPSA) is 49.4 Å². The normalized spacial score (nSPS) is 11.0. The Balaban J connectivity index is 2.30. The Labute approximate surface area is 154 Å². The molecule has 2 aromatic rings. The van der Waals surface area contributed by atoms with Gasteiger partial charge in [0, 0.05) is 10.0 Å². The molecule has 2 rings (SSSR count). The number of hydrogen-bond acceptors (Lipinski definition) is 2. The van der Waals surface area contributed by atoms with Crippen LogP contribution in [0.2, 0.25) is 5.02 Å². The van der Waals surface area contributed by atoms with Crippen LogP contribution in [0.15, 0.2) is 53.0 Å². The lowest BCUT2D eigenvalue weighted by Gasteiger charge is -2.35. The number of halogens is 2. The number of hydrazine groups is 1. The summed E-state index contributed by atoms with van der Waals surface area (Å²) in [4.78, 5) is 25.3. The molecule has 0 fully saturated rings. The summed E-state index contributed by atoms with van der Waals surface area (Å²) in [5.74, 6) is -0.726. The van der Waals surface area contributed by atoms with E-state index in [9.17, 15) is 9.59 Å². The molecule has 0 aliphatic rings. The molecular weight excluding hydrogens is 392 g/mol. The Bertz CT molecular complexity index is 754. The molecule has 126 valence electrons. The molecule has 2 aromatic carbocycles. The summed E-state index contributed by atoms with van der Waals surface area (Å²) in [5.41, 5.74) is 2.86. The second-order valence-electron chi connectivity index (χ2n) is 6.24. The van der Waals surface area contributed by atoms with Crippen LogP contribution in [-0.4, -0.2) is 22.4 Å². The van der Waals surface area contributed by atoms with Gasteiger partial charge in [-0.1, -0.05) is 39.7 Å². The number of amides is 2. The number of benzene rings is 2. The Morgan fingerprint density at radius 2 is 1.62 bits per heavy atom. The molecule has 4 nitrogen and oxygen atoms in total. The number of nitrogens with zero attached hydrogens (tertiary/aromatic N) is 1. The van der Waals surface area contributed by atoms with Gasteiger partial charge in [-0.2, -0.15) is 0 Å². The lowest BCUT2D eigenvalue weighted by atomic mass is 10.1. The van der Waals surface area contributed by atoms with Crippen molar-refractivity contribution in [3.05, 3.63) is 69.2 Å². The van der Waals surface area contributed by atoms with Crippen LogP contribution in [0.5, 0.6) is 0 Å². The number of nitrogens with one attached hydrogen (secondary N) is 1. The summed E-state index contributed by atoms with van der Waals surface area (Å²) in [5, 5.41) is 1.65. The van der Waals surface area contributed by atoms with E-state index in [0.717, 1.165) is 4.47 Å². The largest absolute Gasteiger partial charge is 0.274 e. The molecule has 6 heteroatoms. The van der Waals surface area contributed by atoms with E-state index in [-0.39, 0.29) is 11.8 Å². The van der Waals surface area contributed by atoms with Gasteiger partial charge in [0.05, 0.1) is 16.1 Å². The van der Waals surface area contributed by atoms with Crippen LogP contribution in [0, 0.1) is 0 Å². The van der Waals surface area contributed by atoms with Crippen LogP contribution in [0.1, 0.15) is 41.5 Å². The molecule has 0 aromatic heterocycles. The van der Waals surface area contributed by atoms with Crippen molar-refractivity contribution in [1.82, 2.24) is 10.4 Å². The third kappa shape index (κ3) is 4.36. The lowest BCUT2D eigenvalue weighted by molar-refractivity contribution is 0.0359. The number of carbonyl (C=O) groups excluding carboxylic acids is 2. The van der Waals surface area contributed by atoms with Crippen LogP contribution in [0.4, 0.5) is 0 Å². The first-order valence-corrected chi connectivity index (χ1v) is 8.53. The first-order chi connectivity index (χ1) is 11.2. The third-order valence-corrected chi connectivity index (χ3v) is 4.16. The van der Waals surface area contributed by atoms with Crippen LogP contribution in [-0.2, 0) is 0 Å². The van der Waals surface area contributed by atoms with E-state index in [1.54, 1.807) is 48.5 Å². The Hall–Kier alpha value is -1.85. The van der Waals surface area contributed by atoms with E-state index in [4.69, 9.17) is 11.6 Å². The maximum absolute atomic E-state index is 12.9. The smallest absolute Gasteiger partial charge is 0.267 e. The van der Waals surface area contributed by atoms with E-state index < -0.39 is 5.54 Å². The molecule has 0 bridgehead atoms. The van der Waals surface area contributed by atoms with Crippen molar-refractivity contribution in [2.75, 3.05) is 0 Å². The first-order valence-electron chi connectivity index (χ1n) is 7.36. The minimum absolute atomic E-state index is 0.338. The molecule has 24 heavy (non-hydrogen) atoms. The van der Waals surface area contributed by atoms with Crippen molar-refractivity contribution in [2.45, 2.75) is 26.3 Å². The summed E-state index contributed by atoms with van der Waals surface area (Å²) >= 11 is 9.45. The van der Waals surface area contributed by atoms with Crippen molar-refractivity contribution in [2.24, 2.45) is 0 Å². The van der Waals surface area contributed by atoms with Crippen LogP contribution < -0.4 is 5.43 Å². The van der Waals surface area contributed by atoms with Gasteiger partial charge in [-0.3, -0.25) is 15.0 Å².